The average Bonchev–Trinajstić information content (AvgIpc) is 2.48. The summed E-state index contributed by atoms with van der Waals surface area (Å²) < 4.78 is 5.22. The highest BCUT2D eigenvalue weighted by molar-refractivity contribution is 7.80. The quantitative estimate of drug-likeness (QED) is 0.753. The first-order valence-electron chi connectivity index (χ1n) is 6.14. The Morgan fingerprint density at radius 2 is 1.90 bits per heavy atom. The summed E-state index contributed by atoms with van der Waals surface area (Å²) in [5.41, 5.74) is 1.52. The lowest BCUT2D eigenvalue weighted by atomic mass is 10.2. The Morgan fingerprint density at radius 1 is 1.14 bits per heavy atom. The van der Waals surface area contributed by atoms with Gasteiger partial charge >= 0.3 is 5.97 Å². The van der Waals surface area contributed by atoms with Crippen molar-refractivity contribution in [2.45, 2.75) is 0 Å². The number of aromatic carboxylic acids is 1. The summed E-state index contributed by atoms with van der Waals surface area (Å²) in [6, 6.07) is 13.8. The minimum absolute atomic E-state index is 0.195. The van der Waals surface area contributed by atoms with E-state index in [1.807, 2.05) is 24.3 Å². The van der Waals surface area contributed by atoms with Crippen molar-refractivity contribution in [3.8, 4) is 5.75 Å². The van der Waals surface area contributed by atoms with Gasteiger partial charge in [-0.2, -0.15) is 0 Å². The van der Waals surface area contributed by atoms with Gasteiger partial charge in [0.1, 0.15) is 5.75 Å². The molecule has 5 nitrogen and oxygen atoms in total. The predicted octanol–water partition coefficient (Wildman–Crippen LogP) is 3.20. The zero-order chi connectivity index (χ0) is 15.2. The molecule has 0 bridgehead atoms. The minimum atomic E-state index is -0.984. The molecule has 0 atom stereocenters. The van der Waals surface area contributed by atoms with Crippen LogP contribution in [-0.4, -0.2) is 23.3 Å². The van der Waals surface area contributed by atoms with Crippen LogP contribution in [0.3, 0.4) is 0 Å². The number of carboxylic acids is 1. The Hall–Kier alpha value is -2.60. The topological polar surface area (TPSA) is 70.6 Å². The highest BCUT2D eigenvalue weighted by Gasteiger charge is 2.06. The molecule has 21 heavy (non-hydrogen) atoms. The van der Waals surface area contributed by atoms with Crippen LogP contribution in [0.2, 0.25) is 0 Å². The summed E-state index contributed by atoms with van der Waals surface area (Å²) in [6.07, 6.45) is 0. The molecular formula is C15H14N2O3S. The number of anilines is 2. The first kappa shape index (κ1) is 14.8. The number of carboxylic acid groups (broad SMARTS) is 1. The molecule has 2 aromatic carbocycles. The Labute approximate surface area is 127 Å². The second-order valence-electron chi connectivity index (χ2n) is 4.17. The Kier molecular flexibility index (Phi) is 4.73. The van der Waals surface area contributed by atoms with Gasteiger partial charge in [-0.1, -0.05) is 18.2 Å². The molecule has 0 aliphatic heterocycles. The molecule has 0 heterocycles. The maximum absolute atomic E-state index is 10.9. The van der Waals surface area contributed by atoms with Crippen molar-refractivity contribution >= 4 is 34.7 Å². The lowest BCUT2D eigenvalue weighted by Crippen LogP contribution is -2.19. The molecule has 0 saturated heterocycles. The van der Waals surface area contributed by atoms with Crippen LogP contribution >= 0.6 is 12.2 Å². The van der Waals surface area contributed by atoms with Crippen molar-refractivity contribution < 1.29 is 14.6 Å². The fraction of sp³-hybridized carbons (Fsp3) is 0.0667. The summed E-state index contributed by atoms with van der Waals surface area (Å²) in [5.74, 6) is -0.316. The summed E-state index contributed by atoms with van der Waals surface area (Å²) in [6.45, 7) is 0. The lowest BCUT2D eigenvalue weighted by Gasteiger charge is -2.13. The normalized spacial score (nSPS) is 9.76. The number of ether oxygens (including phenoxy) is 1. The molecule has 0 aliphatic carbocycles. The number of para-hydroxylation sites is 2. The van der Waals surface area contributed by atoms with E-state index in [-0.39, 0.29) is 5.56 Å². The third-order valence-electron chi connectivity index (χ3n) is 2.72. The molecule has 6 heteroatoms. The Balaban J connectivity index is 2.08. The number of hydrogen-bond acceptors (Lipinski definition) is 3. The second kappa shape index (κ2) is 6.71. The van der Waals surface area contributed by atoms with E-state index in [1.165, 1.54) is 12.1 Å². The summed E-state index contributed by atoms with van der Waals surface area (Å²) in [5, 5.41) is 15.2. The van der Waals surface area contributed by atoms with Gasteiger partial charge in [0.05, 0.1) is 18.4 Å². The number of nitrogens with one attached hydrogen (secondary N) is 2. The molecule has 3 N–H and O–H groups in total. The Bertz CT molecular complexity index is 673. The van der Waals surface area contributed by atoms with Gasteiger partial charge in [-0.3, -0.25) is 0 Å². The molecule has 0 aliphatic rings. The highest BCUT2D eigenvalue weighted by atomic mass is 32.1. The second-order valence-corrected chi connectivity index (χ2v) is 4.57. The van der Waals surface area contributed by atoms with Crippen molar-refractivity contribution in [2.24, 2.45) is 0 Å². The summed E-state index contributed by atoms with van der Waals surface area (Å²) in [7, 11) is 1.58. The number of benzene rings is 2. The van der Waals surface area contributed by atoms with E-state index in [9.17, 15) is 4.79 Å². The van der Waals surface area contributed by atoms with Crippen molar-refractivity contribution in [3.63, 3.8) is 0 Å². The maximum Gasteiger partial charge on any atom is 0.335 e. The van der Waals surface area contributed by atoms with Crippen molar-refractivity contribution in [1.82, 2.24) is 0 Å². The standard InChI is InChI=1S/C15H14N2O3S/c1-20-13-8-3-2-7-12(13)17-15(21)16-11-6-4-5-10(9-11)14(18)19/h2-9H,1H3,(H,18,19)(H2,16,17,21). The molecule has 2 aromatic rings. The summed E-state index contributed by atoms with van der Waals surface area (Å²) in [4.78, 5) is 10.9. The third-order valence-corrected chi connectivity index (χ3v) is 2.93. The zero-order valence-corrected chi connectivity index (χ0v) is 12.1. The van der Waals surface area contributed by atoms with E-state index in [4.69, 9.17) is 22.1 Å². The molecule has 0 aromatic heterocycles. The van der Waals surface area contributed by atoms with Gasteiger partial charge in [-0.05, 0) is 42.5 Å². The van der Waals surface area contributed by atoms with Crippen LogP contribution in [0.5, 0.6) is 5.75 Å². The van der Waals surface area contributed by atoms with Gasteiger partial charge in [0.25, 0.3) is 0 Å². The van der Waals surface area contributed by atoms with Gasteiger partial charge in [-0.15, -0.1) is 0 Å². The van der Waals surface area contributed by atoms with Gasteiger partial charge < -0.3 is 20.5 Å². The van der Waals surface area contributed by atoms with Crippen molar-refractivity contribution in [1.29, 1.82) is 0 Å². The number of thiocarbonyl (C=S) groups is 1. The number of carbonyl (C=O) groups is 1. The fourth-order valence-corrected chi connectivity index (χ4v) is 1.99. The third kappa shape index (κ3) is 3.93. The molecule has 0 amide bonds. The summed E-state index contributed by atoms with van der Waals surface area (Å²) >= 11 is 5.21. The van der Waals surface area contributed by atoms with E-state index in [2.05, 4.69) is 10.6 Å². The van der Waals surface area contributed by atoms with Crippen LogP contribution in [0.25, 0.3) is 0 Å². The van der Waals surface area contributed by atoms with Crippen LogP contribution in [0, 0.1) is 0 Å². The molecule has 0 fully saturated rings. The number of methoxy groups -OCH3 is 1. The van der Waals surface area contributed by atoms with Crippen LogP contribution in [-0.2, 0) is 0 Å². The Morgan fingerprint density at radius 3 is 2.62 bits per heavy atom. The molecule has 2 rings (SSSR count). The molecule has 0 radical (unpaired) electrons. The number of hydrogen-bond donors (Lipinski definition) is 3. The molecule has 108 valence electrons. The van der Waals surface area contributed by atoms with Crippen molar-refractivity contribution in [3.05, 3.63) is 54.1 Å². The molecule has 0 unspecified atom stereocenters. The van der Waals surface area contributed by atoms with Gasteiger partial charge in [0, 0.05) is 5.69 Å². The first-order chi connectivity index (χ1) is 10.1. The van der Waals surface area contributed by atoms with Gasteiger partial charge in [0.2, 0.25) is 0 Å². The van der Waals surface area contributed by atoms with E-state index >= 15 is 0 Å². The van der Waals surface area contributed by atoms with E-state index in [0.29, 0.717) is 16.5 Å². The first-order valence-corrected chi connectivity index (χ1v) is 6.55. The lowest BCUT2D eigenvalue weighted by molar-refractivity contribution is 0.0697. The zero-order valence-electron chi connectivity index (χ0n) is 11.3. The van der Waals surface area contributed by atoms with Crippen LogP contribution in [0.15, 0.2) is 48.5 Å². The van der Waals surface area contributed by atoms with E-state index in [0.717, 1.165) is 5.69 Å². The van der Waals surface area contributed by atoms with Gasteiger partial charge in [0.15, 0.2) is 5.11 Å². The molecule has 0 spiro atoms. The average molecular weight is 302 g/mol. The van der Waals surface area contributed by atoms with Crippen LogP contribution in [0.4, 0.5) is 11.4 Å². The van der Waals surface area contributed by atoms with Gasteiger partial charge in [-0.25, -0.2) is 4.79 Å². The predicted molar refractivity (Wildman–Crippen MR) is 86.2 cm³/mol. The largest absolute Gasteiger partial charge is 0.495 e. The smallest absolute Gasteiger partial charge is 0.335 e. The van der Waals surface area contributed by atoms with Crippen molar-refractivity contribution in [2.75, 3.05) is 17.7 Å². The van der Waals surface area contributed by atoms with Crippen LogP contribution in [0.1, 0.15) is 10.4 Å². The highest BCUT2D eigenvalue weighted by Crippen LogP contribution is 2.23. The van der Waals surface area contributed by atoms with Crippen LogP contribution < -0.4 is 15.4 Å². The minimum Gasteiger partial charge on any atom is -0.495 e. The number of rotatable bonds is 4. The maximum atomic E-state index is 10.9. The monoisotopic (exact) mass is 302 g/mol. The van der Waals surface area contributed by atoms with E-state index in [1.54, 1.807) is 19.2 Å². The molecular weight excluding hydrogens is 288 g/mol. The van der Waals surface area contributed by atoms with E-state index < -0.39 is 5.97 Å². The molecule has 0 saturated carbocycles. The SMILES string of the molecule is COc1ccccc1NC(=S)Nc1cccc(C(=O)O)c1. The fourth-order valence-electron chi connectivity index (χ4n) is 1.76.